The maximum atomic E-state index is 14.0. The normalized spacial score (nSPS) is 31.1. The van der Waals surface area contributed by atoms with Gasteiger partial charge in [0.05, 0.1) is 35.8 Å². The van der Waals surface area contributed by atoms with Gasteiger partial charge in [-0.15, -0.1) is 23.2 Å². The van der Waals surface area contributed by atoms with Crippen molar-refractivity contribution < 1.29 is 55.4 Å². The number of hydrogen-bond acceptors (Lipinski definition) is 6. The topological polar surface area (TPSA) is 104 Å². The molecule has 1 saturated carbocycles. The fourth-order valence-electron chi connectivity index (χ4n) is 7.35. The molecule has 3 fully saturated rings. The summed E-state index contributed by atoms with van der Waals surface area (Å²) in [6.45, 7) is 0. The summed E-state index contributed by atoms with van der Waals surface area (Å²) in [5, 5.41) is 11.1. The highest BCUT2D eigenvalue weighted by molar-refractivity contribution is 6.53. The number of phenols is 1. The van der Waals surface area contributed by atoms with Gasteiger partial charge in [0.2, 0.25) is 11.8 Å². The minimum atomic E-state index is -5.24. The molecule has 2 aliphatic carbocycles. The molecule has 244 valence electrons. The number of aromatic hydroxyl groups is 1. The number of carbonyl (C=O) groups excluding carboxylic acids is 4. The molecule has 6 atom stereocenters. The number of ether oxygens (including phenoxy) is 1. The molecule has 2 aromatic rings. The van der Waals surface area contributed by atoms with Crippen LogP contribution in [0.2, 0.25) is 0 Å². The second-order valence-electron chi connectivity index (χ2n) is 11.7. The Bertz CT molecular complexity index is 1730. The number of para-hydroxylation sites is 1. The number of methoxy groups -OCH3 is 1. The van der Waals surface area contributed by atoms with E-state index in [2.05, 4.69) is 0 Å². The molecule has 0 radical (unpaired) electrons. The lowest BCUT2D eigenvalue weighted by atomic mass is 9.56. The summed E-state index contributed by atoms with van der Waals surface area (Å²) in [6, 6.07) is 4.75. The number of anilines is 1. The van der Waals surface area contributed by atoms with Crippen molar-refractivity contribution >= 4 is 52.5 Å². The van der Waals surface area contributed by atoms with Crippen molar-refractivity contribution in [1.82, 2.24) is 4.90 Å². The molecule has 8 nitrogen and oxygen atoms in total. The fourth-order valence-corrected chi connectivity index (χ4v) is 8.36. The van der Waals surface area contributed by atoms with Crippen LogP contribution in [-0.4, -0.2) is 57.5 Å². The van der Waals surface area contributed by atoms with Crippen LogP contribution in [0.25, 0.3) is 0 Å². The zero-order valence-electron chi connectivity index (χ0n) is 23.7. The van der Waals surface area contributed by atoms with Crippen LogP contribution in [0, 0.1) is 17.8 Å². The molecule has 0 spiro atoms. The summed E-state index contributed by atoms with van der Waals surface area (Å²) in [5.74, 6) is -9.63. The lowest BCUT2D eigenvalue weighted by Crippen LogP contribution is -2.60. The van der Waals surface area contributed by atoms with Gasteiger partial charge in [-0.3, -0.25) is 24.1 Å². The average Bonchev–Trinajstić information content (AvgIpc) is 3.31. The first kappa shape index (κ1) is 32.2. The van der Waals surface area contributed by atoms with Gasteiger partial charge in [0, 0.05) is 18.5 Å². The molecule has 2 aromatic carbocycles. The van der Waals surface area contributed by atoms with Crippen molar-refractivity contribution in [3.63, 3.8) is 0 Å². The zero-order chi connectivity index (χ0) is 33.9. The van der Waals surface area contributed by atoms with Crippen molar-refractivity contribution in [2.75, 3.05) is 19.1 Å². The van der Waals surface area contributed by atoms with Crippen molar-refractivity contribution in [3.8, 4) is 11.5 Å². The summed E-state index contributed by atoms with van der Waals surface area (Å²) < 4.78 is 87.1. The van der Waals surface area contributed by atoms with Gasteiger partial charge in [-0.25, -0.2) is 4.90 Å². The summed E-state index contributed by atoms with van der Waals surface area (Å²) in [7, 11) is 2.42. The molecular formula is C30H22Cl2F6N2O6. The van der Waals surface area contributed by atoms with Gasteiger partial charge >= 0.3 is 12.4 Å². The number of phenolic OH excluding ortho intramolecular Hbond substituents is 1. The van der Waals surface area contributed by atoms with Crippen molar-refractivity contribution in [1.29, 1.82) is 0 Å². The average molecular weight is 691 g/mol. The summed E-state index contributed by atoms with van der Waals surface area (Å²) in [5.41, 5.74) is -4.11. The van der Waals surface area contributed by atoms with E-state index in [0.29, 0.717) is 4.90 Å². The Labute approximate surface area is 266 Å². The SMILES string of the molecule is COc1cccc([C@H]2C3=CC[C@@H]4C(=O)N(c5cc(C(F)(F)F)cc(C(F)(F)F)c5)C(=O)[C@@H]4[C@@H]3C[C@@]3(Cl)C(=O)N(C)C(=O)[C@@]23Cl)c1O. The number of nitrogens with zero attached hydrogens (tertiary/aromatic N) is 2. The van der Waals surface area contributed by atoms with E-state index in [9.17, 15) is 50.6 Å². The van der Waals surface area contributed by atoms with E-state index in [1.54, 1.807) is 0 Å². The Morgan fingerprint density at radius 3 is 2.09 bits per heavy atom. The predicted octanol–water partition coefficient (Wildman–Crippen LogP) is 5.63. The van der Waals surface area contributed by atoms with Gasteiger partial charge in [0.1, 0.15) is 0 Å². The number of carbonyl (C=O) groups is 4. The van der Waals surface area contributed by atoms with Crippen molar-refractivity contribution in [2.45, 2.75) is 40.9 Å². The number of rotatable bonds is 3. The first-order valence-electron chi connectivity index (χ1n) is 13.7. The Kier molecular flexibility index (Phi) is 7.07. The number of amides is 4. The number of hydrogen-bond donors (Lipinski definition) is 1. The monoisotopic (exact) mass is 690 g/mol. The van der Waals surface area contributed by atoms with E-state index >= 15 is 0 Å². The third-order valence-corrected chi connectivity index (χ3v) is 10.8. The Morgan fingerprint density at radius 1 is 0.913 bits per heavy atom. The predicted molar refractivity (Wildman–Crippen MR) is 149 cm³/mol. The molecule has 4 amide bonds. The third-order valence-electron chi connectivity index (χ3n) is 9.41. The number of allylic oxidation sites excluding steroid dienone is 2. The zero-order valence-corrected chi connectivity index (χ0v) is 25.2. The maximum Gasteiger partial charge on any atom is 0.416 e. The van der Waals surface area contributed by atoms with Crippen LogP contribution < -0.4 is 9.64 Å². The fraction of sp³-hybridized carbons (Fsp3) is 0.400. The van der Waals surface area contributed by atoms with Crippen molar-refractivity contribution in [2.24, 2.45) is 17.8 Å². The molecule has 2 aliphatic heterocycles. The van der Waals surface area contributed by atoms with Crippen LogP contribution in [0.5, 0.6) is 11.5 Å². The lowest BCUT2D eigenvalue weighted by Gasteiger charge is -2.50. The molecule has 2 saturated heterocycles. The minimum absolute atomic E-state index is 0.00607. The van der Waals surface area contributed by atoms with Gasteiger partial charge in [0.15, 0.2) is 21.2 Å². The number of halogens is 8. The quantitative estimate of drug-likeness (QED) is 0.194. The van der Waals surface area contributed by atoms with Gasteiger partial charge in [0.25, 0.3) is 11.8 Å². The van der Waals surface area contributed by atoms with Crippen LogP contribution in [0.1, 0.15) is 35.4 Å². The largest absolute Gasteiger partial charge is 0.504 e. The van der Waals surface area contributed by atoms with Crippen LogP contribution in [-0.2, 0) is 31.5 Å². The molecule has 1 N–H and O–H groups in total. The van der Waals surface area contributed by atoms with Gasteiger partial charge in [-0.2, -0.15) is 26.3 Å². The summed E-state index contributed by atoms with van der Waals surface area (Å²) in [4.78, 5) is 51.4. The number of likely N-dealkylation sites (tertiary alicyclic amines) is 1. The lowest BCUT2D eigenvalue weighted by molar-refractivity contribution is -0.143. The van der Waals surface area contributed by atoms with E-state index in [1.807, 2.05) is 0 Å². The minimum Gasteiger partial charge on any atom is -0.504 e. The molecule has 16 heteroatoms. The molecule has 6 rings (SSSR count). The standard InChI is InChI=1S/C30H22Cl2F6N2O6/c1-39-25(44)27(31)11-18-15(21(28(27,32)26(39)45)17-4-3-5-19(46-2)22(17)41)6-7-16-20(18)24(43)40(23(16)42)14-9-12(29(33,34)35)8-13(10-14)30(36,37)38/h3-6,8-10,16,18,20-21,41H,7,11H2,1-2H3/t16-,18+,20-,21+,27+,28-/m0/s1. The number of fused-ring (bicyclic) bond motifs is 4. The van der Waals surface area contributed by atoms with Gasteiger partial charge in [-0.05, 0) is 43.0 Å². The molecule has 0 aromatic heterocycles. The summed E-state index contributed by atoms with van der Waals surface area (Å²) in [6.07, 6.45) is -9.69. The summed E-state index contributed by atoms with van der Waals surface area (Å²) >= 11 is 14.1. The first-order valence-corrected chi connectivity index (χ1v) is 14.5. The molecule has 0 bridgehead atoms. The highest BCUT2D eigenvalue weighted by Crippen LogP contribution is 2.66. The molecule has 46 heavy (non-hydrogen) atoms. The first-order chi connectivity index (χ1) is 21.3. The Hall–Kier alpha value is -3.78. The van der Waals surface area contributed by atoms with E-state index in [1.165, 1.54) is 31.4 Å². The highest BCUT2D eigenvalue weighted by atomic mass is 35.5. The number of alkyl halides is 8. The second kappa shape index (κ2) is 10.1. The van der Waals surface area contributed by atoms with Crippen LogP contribution in [0.15, 0.2) is 48.0 Å². The Morgan fingerprint density at radius 2 is 1.52 bits per heavy atom. The molecule has 2 heterocycles. The van der Waals surface area contributed by atoms with Gasteiger partial charge < -0.3 is 9.84 Å². The molecule has 0 unspecified atom stereocenters. The van der Waals surface area contributed by atoms with Crippen LogP contribution >= 0.6 is 23.2 Å². The second-order valence-corrected chi connectivity index (χ2v) is 12.9. The molecular weight excluding hydrogens is 669 g/mol. The van der Waals surface area contributed by atoms with Crippen molar-refractivity contribution in [3.05, 3.63) is 64.7 Å². The van der Waals surface area contributed by atoms with E-state index in [-0.39, 0.29) is 41.5 Å². The van der Waals surface area contributed by atoms with Crippen LogP contribution in [0.3, 0.4) is 0 Å². The van der Waals surface area contributed by atoms with E-state index < -0.39 is 98.4 Å². The molecule has 4 aliphatic rings. The third kappa shape index (κ3) is 4.21. The van der Waals surface area contributed by atoms with E-state index in [4.69, 9.17) is 27.9 Å². The highest BCUT2D eigenvalue weighted by Gasteiger charge is 2.76. The Balaban J connectivity index is 1.52. The number of benzene rings is 2. The van der Waals surface area contributed by atoms with Crippen LogP contribution in [0.4, 0.5) is 32.0 Å². The smallest absolute Gasteiger partial charge is 0.416 e. The van der Waals surface area contributed by atoms with E-state index in [0.717, 1.165) is 11.9 Å². The van der Waals surface area contributed by atoms with Gasteiger partial charge in [-0.1, -0.05) is 23.8 Å². The number of imide groups is 2. The maximum absolute atomic E-state index is 14.0.